The lowest BCUT2D eigenvalue weighted by atomic mass is 9.82. The van der Waals surface area contributed by atoms with Crippen molar-refractivity contribution in [2.45, 2.75) is 134 Å². The average molecular weight is 581 g/mol. The summed E-state index contributed by atoms with van der Waals surface area (Å²) < 4.78 is 0. The molecule has 2 atom stereocenters. The molecular weight excluding hydrogens is 521 g/mol. The smallest absolute Gasteiger partial charge is 0.309 e. The summed E-state index contributed by atoms with van der Waals surface area (Å²) in [6.07, 6.45) is 18.3. The average Bonchev–Trinajstić information content (AvgIpc) is 2.88. The first-order chi connectivity index (χ1) is 18.3. The van der Waals surface area contributed by atoms with E-state index in [0.29, 0.717) is 12.3 Å². The monoisotopic (exact) mass is 580 g/mol. The van der Waals surface area contributed by atoms with E-state index in [2.05, 4.69) is 58.9 Å². The van der Waals surface area contributed by atoms with Crippen molar-refractivity contribution >= 4 is 29.5 Å². The maximum Gasteiger partial charge on any atom is 0.309 e. The van der Waals surface area contributed by atoms with Crippen molar-refractivity contribution in [2.75, 3.05) is 6.61 Å². The van der Waals surface area contributed by atoms with Crippen LogP contribution in [0.2, 0.25) is 0 Å². The van der Waals surface area contributed by atoms with Crippen molar-refractivity contribution in [3.05, 3.63) is 43.9 Å². The first-order valence-corrected chi connectivity index (χ1v) is 17.0. The molecule has 0 bridgehead atoms. The highest BCUT2D eigenvalue weighted by molar-refractivity contribution is 8.07. The summed E-state index contributed by atoms with van der Waals surface area (Å²) in [5, 5.41) is 19.1. The summed E-state index contributed by atoms with van der Waals surface area (Å²) in [4.78, 5) is 17.4. The topological polar surface area (TPSA) is 57.5 Å². The van der Waals surface area contributed by atoms with Gasteiger partial charge in [0.05, 0.1) is 5.41 Å². The van der Waals surface area contributed by atoms with E-state index in [1.165, 1.54) is 19.6 Å². The van der Waals surface area contributed by atoms with E-state index in [4.69, 9.17) is 0 Å². The third-order valence-corrected chi connectivity index (χ3v) is 9.63. The highest BCUT2D eigenvalue weighted by Crippen LogP contribution is 2.45. The fourth-order valence-corrected chi connectivity index (χ4v) is 7.50. The number of aliphatic hydroxyl groups is 1. The third-order valence-electron chi connectivity index (χ3n) is 7.26. The SMILES string of the molecule is CC.CC.CCC(C)(CCCC1=CC(C)(C)C=C(CCC2=CC(C)C=C(CCCC(C)(C)CO)S2)S1)C(=O)O. The molecule has 0 aromatic heterocycles. The van der Waals surface area contributed by atoms with Crippen molar-refractivity contribution in [2.24, 2.45) is 22.2 Å². The molecule has 0 aliphatic carbocycles. The number of hydrogen-bond donors (Lipinski definition) is 2. The van der Waals surface area contributed by atoms with Gasteiger partial charge in [-0.15, -0.1) is 0 Å². The van der Waals surface area contributed by atoms with Crippen molar-refractivity contribution in [1.29, 1.82) is 0 Å². The number of aliphatic hydroxyl groups excluding tert-OH is 1. The predicted octanol–water partition coefficient (Wildman–Crippen LogP) is 11.4. The van der Waals surface area contributed by atoms with Crippen molar-refractivity contribution in [1.82, 2.24) is 0 Å². The van der Waals surface area contributed by atoms with Gasteiger partial charge in [0, 0.05) is 12.0 Å². The van der Waals surface area contributed by atoms with Crippen LogP contribution < -0.4 is 0 Å². The lowest BCUT2D eigenvalue weighted by Crippen LogP contribution is -2.26. The number of thioether (sulfide) groups is 2. The van der Waals surface area contributed by atoms with Crippen LogP contribution in [-0.2, 0) is 4.79 Å². The second kappa shape index (κ2) is 18.5. The second-order valence-corrected chi connectivity index (χ2v) is 14.6. The number of aliphatic carboxylic acids is 1. The van der Waals surface area contributed by atoms with E-state index >= 15 is 0 Å². The summed E-state index contributed by atoms with van der Waals surface area (Å²) >= 11 is 3.87. The molecule has 0 aromatic rings. The Morgan fingerprint density at radius 2 is 1.28 bits per heavy atom. The molecule has 0 radical (unpaired) electrons. The molecule has 0 fully saturated rings. The predicted molar refractivity (Wildman–Crippen MR) is 177 cm³/mol. The van der Waals surface area contributed by atoms with Gasteiger partial charge in [-0.25, -0.2) is 0 Å². The van der Waals surface area contributed by atoms with E-state index in [0.717, 1.165) is 51.4 Å². The molecule has 226 valence electrons. The summed E-state index contributed by atoms with van der Waals surface area (Å²) in [6.45, 7) is 23.2. The van der Waals surface area contributed by atoms with Crippen LogP contribution in [0.1, 0.15) is 134 Å². The first kappa shape index (κ1) is 38.1. The number of carboxylic acids is 1. The van der Waals surface area contributed by atoms with Gasteiger partial charge in [-0.3, -0.25) is 4.79 Å². The van der Waals surface area contributed by atoms with Crippen molar-refractivity contribution in [3.8, 4) is 0 Å². The summed E-state index contributed by atoms with van der Waals surface area (Å²) in [5.74, 6) is -0.196. The van der Waals surface area contributed by atoms with Gasteiger partial charge in [0.1, 0.15) is 0 Å². The maximum absolute atomic E-state index is 11.6. The molecule has 3 nitrogen and oxygen atoms in total. The number of hydrogen-bond acceptors (Lipinski definition) is 4. The number of carboxylic acid groups (broad SMARTS) is 1. The summed E-state index contributed by atoms with van der Waals surface area (Å²) in [6, 6.07) is 0. The van der Waals surface area contributed by atoms with Gasteiger partial charge in [-0.05, 0) is 95.7 Å². The Morgan fingerprint density at radius 3 is 1.79 bits per heavy atom. The van der Waals surface area contributed by atoms with Crippen LogP contribution in [0.4, 0.5) is 0 Å². The molecule has 5 heteroatoms. The molecule has 0 spiro atoms. The van der Waals surface area contributed by atoms with Gasteiger partial charge in [-0.1, -0.05) is 117 Å². The molecule has 2 rings (SSSR count). The van der Waals surface area contributed by atoms with E-state index in [1.54, 1.807) is 0 Å². The fraction of sp³-hybridized carbons (Fsp3) is 0.735. The van der Waals surface area contributed by atoms with Crippen molar-refractivity contribution < 1.29 is 15.0 Å². The van der Waals surface area contributed by atoms with E-state index in [1.807, 2.05) is 65.1 Å². The molecule has 2 N–H and O–H groups in total. The Hall–Kier alpha value is -0.910. The van der Waals surface area contributed by atoms with E-state index in [9.17, 15) is 15.0 Å². The van der Waals surface area contributed by atoms with Crippen molar-refractivity contribution in [3.63, 3.8) is 0 Å². The minimum atomic E-state index is -0.677. The minimum Gasteiger partial charge on any atom is -0.481 e. The van der Waals surface area contributed by atoms with Crippen LogP contribution in [0.3, 0.4) is 0 Å². The zero-order valence-corrected chi connectivity index (χ0v) is 28.7. The Morgan fingerprint density at radius 1 is 0.846 bits per heavy atom. The minimum absolute atomic E-state index is 0.00960. The summed E-state index contributed by atoms with van der Waals surface area (Å²) in [7, 11) is 0. The van der Waals surface area contributed by atoms with Gasteiger partial charge in [0.25, 0.3) is 0 Å². The number of allylic oxidation sites excluding steroid dienone is 8. The van der Waals surface area contributed by atoms with Crippen LogP contribution in [0.15, 0.2) is 43.9 Å². The maximum atomic E-state index is 11.6. The van der Waals surface area contributed by atoms with Crippen LogP contribution >= 0.6 is 23.5 Å². The molecule has 0 saturated carbocycles. The van der Waals surface area contributed by atoms with Crippen LogP contribution in [0, 0.1) is 22.2 Å². The quantitative estimate of drug-likeness (QED) is 0.214. The first-order valence-electron chi connectivity index (χ1n) is 15.3. The highest BCUT2D eigenvalue weighted by Gasteiger charge is 2.30. The van der Waals surface area contributed by atoms with Gasteiger partial charge < -0.3 is 10.2 Å². The molecule has 2 unspecified atom stereocenters. The Labute approximate surface area is 250 Å². The molecule has 2 aliphatic heterocycles. The standard InChI is InChI=1S/C30H48O3S2.2C2H6/c1-8-30(7,27(32)33)16-10-12-25-19-29(5,6)20-26(35-25)14-13-24-18-22(2)17-23(34-24)11-9-15-28(3,4)21-31;2*1-2/h17-20,22,31H,8-16,21H2,1-7H3,(H,32,33);2*1-2H3. The molecule has 0 amide bonds. The fourth-order valence-electron chi connectivity index (χ4n) is 4.64. The lowest BCUT2D eigenvalue weighted by Gasteiger charge is -2.28. The van der Waals surface area contributed by atoms with Gasteiger partial charge in [0.15, 0.2) is 0 Å². The van der Waals surface area contributed by atoms with Crippen LogP contribution in [0.25, 0.3) is 0 Å². The number of carbonyl (C=O) groups is 1. The zero-order valence-electron chi connectivity index (χ0n) is 27.1. The lowest BCUT2D eigenvalue weighted by molar-refractivity contribution is -0.148. The van der Waals surface area contributed by atoms with Gasteiger partial charge >= 0.3 is 5.97 Å². The van der Waals surface area contributed by atoms with Crippen LogP contribution in [-0.4, -0.2) is 22.8 Å². The van der Waals surface area contributed by atoms with Gasteiger partial charge in [0.2, 0.25) is 0 Å². The summed E-state index contributed by atoms with van der Waals surface area (Å²) in [5.41, 5.74) is -0.563. The zero-order chi connectivity index (χ0) is 30.3. The Kier molecular flexibility index (Phi) is 18.1. The molecule has 0 saturated heterocycles. The van der Waals surface area contributed by atoms with Gasteiger partial charge in [-0.2, -0.15) is 0 Å². The number of rotatable bonds is 14. The largest absolute Gasteiger partial charge is 0.481 e. The van der Waals surface area contributed by atoms with E-state index in [-0.39, 0.29) is 17.4 Å². The second-order valence-electron chi connectivity index (χ2n) is 12.1. The molecule has 2 aliphatic rings. The molecule has 2 heterocycles. The Balaban J connectivity index is 0.00000344. The normalized spacial score (nSPS) is 20.1. The van der Waals surface area contributed by atoms with E-state index < -0.39 is 11.4 Å². The molecule has 39 heavy (non-hydrogen) atoms. The highest BCUT2D eigenvalue weighted by atomic mass is 32.2. The molecule has 0 aromatic carbocycles. The van der Waals surface area contributed by atoms with Crippen LogP contribution in [0.5, 0.6) is 0 Å². The Bertz CT molecular complexity index is 864. The third kappa shape index (κ3) is 14.5. The molecular formula is C34H60O3S2.